The molecule has 0 spiro atoms. The van der Waals surface area contributed by atoms with E-state index in [1.807, 2.05) is 30.5 Å². The standard InChI is InChI=1S/C12H9N3S/c1-8-14-10-4-7-16-12(10)11(15-8)9-2-5-13-6-3-9/h2-7H,1H3. The van der Waals surface area contributed by atoms with Crippen LogP contribution < -0.4 is 0 Å². The zero-order valence-electron chi connectivity index (χ0n) is 8.71. The molecule has 0 amide bonds. The predicted molar refractivity (Wildman–Crippen MR) is 65.4 cm³/mol. The molecule has 0 unspecified atom stereocenters. The largest absolute Gasteiger partial charge is 0.265 e. The van der Waals surface area contributed by atoms with Crippen molar-refractivity contribution in [2.75, 3.05) is 0 Å². The molecule has 0 saturated carbocycles. The van der Waals surface area contributed by atoms with Crippen molar-refractivity contribution in [1.82, 2.24) is 15.0 Å². The Labute approximate surface area is 96.8 Å². The summed E-state index contributed by atoms with van der Waals surface area (Å²) in [5.41, 5.74) is 3.11. The topological polar surface area (TPSA) is 38.7 Å². The van der Waals surface area contributed by atoms with Crippen LogP contribution in [0.5, 0.6) is 0 Å². The summed E-state index contributed by atoms with van der Waals surface area (Å²) < 4.78 is 1.14. The van der Waals surface area contributed by atoms with Gasteiger partial charge in [-0.25, -0.2) is 9.97 Å². The number of aromatic nitrogens is 3. The van der Waals surface area contributed by atoms with Gasteiger partial charge in [0, 0.05) is 18.0 Å². The monoisotopic (exact) mass is 227 g/mol. The van der Waals surface area contributed by atoms with E-state index in [-0.39, 0.29) is 0 Å². The molecule has 3 heterocycles. The van der Waals surface area contributed by atoms with E-state index in [1.165, 1.54) is 0 Å². The van der Waals surface area contributed by atoms with Crippen LogP contribution >= 0.6 is 11.3 Å². The van der Waals surface area contributed by atoms with Crippen LogP contribution in [-0.4, -0.2) is 15.0 Å². The van der Waals surface area contributed by atoms with Crippen LogP contribution in [0.4, 0.5) is 0 Å². The summed E-state index contributed by atoms with van der Waals surface area (Å²) in [5, 5.41) is 2.05. The van der Waals surface area contributed by atoms with Gasteiger partial charge in [0.25, 0.3) is 0 Å². The van der Waals surface area contributed by atoms with E-state index in [9.17, 15) is 0 Å². The Morgan fingerprint density at radius 3 is 2.69 bits per heavy atom. The van der Waals surface area contributed by atoms with Gasteiger partial charge >= 0.3 is 0 Å². The normalized spacial score (nSPS) is 10.8. The molecule has 3 aromatic heterocycles. The van der Waals surface area contributed by atoms with E-state index < -0.39 is 0 Å². The summed E-state index contributed by atoms with van der Waals surface area (Å²) >= 11 is 1.67. The van der Waals surface area contributed by atoms with Crippen molar-refractivity contribution in [3.05, 3.63) is 41.8 Å². The molecular formula is C12H9N3S. The van der Waals surface area contributed by atoms with Crippen LogP contribution in [0.3, 0.4) is 0 Å². The van der Waals surface area contributed by atoms with Crippen LogP contribution in [0.15, 0.2) is 36.0 Å². The Balaban J connectivity index is 2.34. The van der Waals surface area contributed by atoms with Gasteiger partial charge in [-0.2, -0.15) is 0 Å². The second-order valence-electron chi connectivity index (χ2n) is 3.49. The van der Waals surface area contributed by atoms with Gasteiger partial charge in [-0.15, -0.1) is 11.3 Å². The van der Waals surface area contributed by atoms with Crippen molar-refractivity contribution >= 4 is 21.6 Å². The van der Waals surface area contributed by atoms with E-state index in [4.69, 9.17) is 0 Å². The summed E-state index contributed by atoms with van der Waals surface area (Å²) in [5.74, 6) is 0.803. The first kappa shape index (κ1) is 9.42. The maximum absolute atomic E-state index is 4.52. The van der Waals surface area contributed by atoms with Gasteiger partial charge in [-0.05, 0) is 30.5 Å². The minimum atomic E-state index is 0.803. The molecule has 0 aromatic carbocycles. The van der Waals surface area contributed by atoms with E-state index in [0.717, 1.165) is 27.3 Å². The average Bonchev–Trinajstić information content (AvgIpc) is 2.77. The molecule has 0 atom stereocenters. The fourth-order valence-corrected chi connectivity index (χ4v) is 2.53. The molecule has 4 heteroatoms. The highest BCUT2D eigenvalue weighted by atomic mass is 32.1. The van der Waals surface area contributed by atoms with Crippen LogP contribution in [0, 0.1) is 6.92 Å². The third kappa shape index (κ3) is 1.47. The smallest absolute Gasteiger partial charge is 0.126 e. The van der Waals surface area contributed by atoms with E-state index >= 15 is 0 Å². The van der Waals surface area contributed by atoms with Crippen molar-refractivity contribution < 1.29 is 0 Å². The number of hydrogen-bond donors (Lipinski definition) is 0. The zero-order valence-corrected chi connectivity index (χ0v) is 9.53. The summed E-state index contributed by atoms with van der Waals surface area (Å²) in [6.07, 6.45) is 3.57. The van der Waals surface area contributed by atoms with Gasteiger partial charge in [-0.1, -0.05) is 0 Å². The van der Waals surface area contributed by atoms with Crippen molar-refractivity contribution in [3.8, 4) is 11.3 Å². The molecule has 0 N–H and O–H groups in total. The van der Waals surface area contributed by atoms with Crippen LogP contribution in [-0.2, 0) is 0 Å². The minimum Gasteiger partial charge on any atom is -0.265 e. The first-order valence-corrected chi connectivity index (χ1v) is 5.85. The number of nitrogens with zero attached hydrogens (tertiary/aromatic N) is 3. The average molecular weight is 227 g/mol. The summed E-state index contributed by atoms with van der Waals surface area (Å²) in [6, 6.07) is 5.97. The molecule has 0 radical (unpaired) electrons. The quantitative estimate of drug-likeness (QED) is 0.641. The number of fused-ring (bicyclic) bond motifs is 1. The first-order chi connectivity index (χ1) is 7.84. The van der Waals surface area contributed by atoms with Crippen LogP contribution in [0.1, 0.15) is 5.82 Å². The van der Waals surface area contributed by atoms with Gasteiger partial charge in [0.2, 0.25) is 0 Å². The third-order valence-electron chi connectivity index (χ3n) is 2.37. The molecule has 0 bridgehead atoms. The zero-order chi connectivity index (χ0) is 11.0. The van der Waals surface area contributed by atoms with Gasteiger partial charge in [0.15, 0.2) is 0 Å². The number of rotatable bonds is 1. The summed E-state index contributed by atoms with van der Waals surface area (Å²) in [6.45, 7) is 1.92. The predicted octanol–water partition coefficient (Wildman–Crippen LogP) is 3.06. The SMILES string of the molecule is Cc1nc(-c2ccncc2)c2sccc2n1. The Kier molecular flexibility index (Phi) is 2.15. The summed E-state index contributed by atoms with van der Waals surface area (Å²) in [4.78, 5) is 12.9. The maximum atomic E-state index is 4.52. The third-order valence-corrected chi connectivity index (χ3v) is 3.28. The van der Waals surface area contributed by atoms with Gasteiger partial charge in [-0.3, -0.25) is 4.98 Å². The molecule has 3 rings (SSSR count). The Bertz CT molecular complexity index is 631. The Morgan fingerprint density at radius 2 is 1.88 bits per heavy atom. The maximum Gasteiger partial charge on any atom is 0.126 e. The second kappa shape index (κ2) is 3.64. The van der Waals surface area contributed by atoms with Crippen molar-refractivity contribution in [3.63, 3.8) is 0 Å². The molecular weight excluding hydrogens is 218 g/mol. The first-order valence-electron chi connectivity index (χ1n) is 4.97. The highest BCUT2D eigenvalue weighted by molar-refractivity contribution is 7.17. The number of pyridine rings is 1. The van der Waals surface area contributed by atoms with E-state index in [0.29, 0.717) is 0 Å². The lowest BCUT2D eigenvalue weighted by Gasteiger charge is -2.02. The highest BCUT2D eigenvalue weighted by Gasteiger charge is 2.08. The number of thiophene rings is 1. The summed E-state index contributed by atoms with van der Waals surface area (Å²) in [7, 11) is 0. The fraction of sp³-hybridized carbons (Fsp3) is 0.0833. The highest BCUT2D eigenvalue weighted by Crippen LogP contribution is 2.29. The molecule has 16 heavy (non-hydrogen) atoms. The molecule has 78 valence electrons. The molecule has 0 fully saturated rings. The van der Waals surface area contributed by atoms with E-state index in [2.05, 4.69) is 15.0 Å². The van der Waals surface area contributed by atoms with Gasteiger partial charge < -0.3 is 0 Å². The number of hydrogen-bond acceptors (Lipinski definition) is 4. The lowest BCUT2D eigenvalue weighted by molar-refractivity contribution is 1.10. The molecule has 0 aliphatic heterocycles. The van der Waals surface area contributed by atoms with Crippen molar-refractivity contribution in [2.24, 2.45) is 0 Å². The lowest BCUT2D eigenvalue weighted by atomic mass is 10.2. The van der Waals surface area contributed by atoms with Gasteiger partial charge in [0.1, 0.15) is 5.82 Å². The number of aryl methyl sites for hydroxylation is 1. The molecule has 3 aromatic rings. The second-order valence-corrected chi connectivity index (χ2v) is 4.41. The van der Waals surface area contributed by atoms with Crippen molar-refractivity contribution in [1.29, 1.82) is 0 Å². The van der Waals surface area contributed by atoms with Crippen LogP contribution in [0.25, 0.3) is 21.5 Å². The van der Waals surface area contributed by atoms with Gasteiger partial charge in [0.05, 0.1) is 15.9 Å². The Morgan fingerprint density at radius 1 is 1.06 bits per heavy atom. The minimum absolute atomic E-state index is 0.803. The van der Waals surface area contributed by atoms with E-state index in [1.54, 1.807) is 23.7 Å². The molecule has 3 nitrogen and oxygen atoms in total. The lowest BCUT2D eigenvalue weighted by Crippen LogP contribution is -1.91. The fourth-order valence-electron chi connectivity index (χ4n) is 1.69. The van der Waals surface area contributed by atoms with Crippen molar-refractivity contribution in [2.45, 2.75) is 6.92 Å². The molecule has 0 aliphatic carbocycles. The Hall–Kier alpha value is -1.81. The van der Waals surface area contributed by atoms with Crippen LogP contribution in [0.2, 0.25) is 0 Å². The molecule has 0 saturated heterocycles. The molecule has 0 aliphatic rings.